The number of carbonyl (C=O) groups is 2. The summed E-state index contributed by atoms with van der Waals surface area (Å²) in [6, 6.07) is 6.44. The van der Waals surface area contributed by atoms with E-state index in [9.17, 15) is 9.59 Å². The molecule has 2 amide bonds. The number of pyridine rings is 1. The molecule has 0 bridgehead atoms. The van der Waals surface area contributed by atoms with Gasteiger partial charge in [-0.05, 0) is 44.0 Å². The van der Waals surface area contributed by atoms with Crippen molar-refractivity contribution in [2.75, 3.05) is 12.4 Å². The molecule has 7 heteroatoms. The molecule has 0 saturated carbocycles. The van der Waals surface area contributed by atoms with Crippen LogP contribution < -0.4 is 15.4 Å². The van der Waals surface area contributed by atoms with Gasteiger partial charge in [-0.15, -0.1) is 0 Å². The fraction of sp³-hybridized carbons (Fsp3) is 0.316. The summed E-state index contributed by atoms with van der Waals surface area (Å²) in [4.78, 5) is 28.8. The van der Waals surface area contributed by atoms with E-state index in [4.69, 9.17) is 16.3 Å². The molecule has 1 atom stereocenters. The molecule has 6 nitrogen and oxygen atoms in total. The monoisotopic (exact) mass is 375 g/mol. The first-order valence-corrected chi connectivity index (χ1v) is 8.65. The highest BCUT2D eigenvalue weighted by Crippen LogP contribution is 2.31. The Morgan fingerprint density at radius 3 is 2.65 bits per heavy atom. The zero-order valence-corrected chi connectivity index (χ0v) is 16.0. The van der Waals surface area contributed by atoms with Crippen LogP contribution in [-0.2, 0) is 0 Å². The van der Waals surface area contributed by atoms with Gasteiger partial charge in [0.15, 0.2) is 0 Å². The maximum Gasteiger partial charge on any atom is 0.274 e. The Morgan fingerprint density at radius 1 is 1.27 bits per heavy atom. The van der Waals surface area contributed by atoms with Crippen molar-refractivity contribution in [3.63, 3.8) is 0 Å². The van der Waals surface area contributed by atoms with Gasteiger partial charge in [0.1, 0.15) is 11.4 Å². The number of nitrogens with one attached hydrogen (secondary N) is 2. The van der Waals surface area contributed by atoms with Crippen LogP contribution in [0.25, 0.3) is 0 Å². The van der Waals surface area contributed by atoms with Gasteiger partial charge in [0, 0.05) is 28.9 Å². The number of halogens is 1. The van der Waals surface area contributed by atoms with Crippen molar-refractivity contribution in [3.05, 3.63) is 52.3 Å². The topological polar surface area (TPSA) is 80.3 Å². The van der Waals surface area contributed by atoms with Crippen LogP contribution in [0, 0.1) is 6.92 Å². The van der Waals surface area contributed by atoms with Crippen LogP contribution in [0.5, 0.6) is 5.75 Å². The summed E-state index contributed by atoms with van der Waals surface area (Å²) in [5, 5.41) is 6.15. The maximum absolute atomic E-state index is 12.5. The Balaban J connectivity index is 2.22. The number of amides is 2. The number of aryl methyl sites for hydroxylation is 1. The molecule has 1 unspecified atom stereocenters. The molecule has 0 radical (unpaired) electrons. The second-order valence-electron chi connectivity index (χ2n) is 5.97. The molecule has 1 heterocycles. The van der Waals surface area contributed by atoms with Crippen molar-refractivity contribution in [1.29, 1.82) is 0 Å². The highest BCUT2D eigenvalue weighted by Gasteiger charge is 2.15. The number of hydrogen-bond acceptors (Lipinski definition) is 4. The van der Waals surface area contributed by atoms with E-state index in [-0.39, 0.29) is 17.6 Å². The molecule has 138 valence electrons. The number of benzene rings is 1. The van der Waals surface area contributed by atoms with Crippen LogP contribution >= 0.6 is 11.6 Å². The molecule has 0 aliphatic carbocycles. The lowest BCUT2D eigenvalue weighted by Gasteiger charge is -2.13. The first-order chi connectivity index (χ1) is 12.3. The summed E-state index contributed by atoms with van der Waals surface area (Å²) < 4.78 is 5.25. The van der Waals surface area contributed by atoms with Gasteiger partial charge in [0.05, 0.1) is 12.8 Å². The van der Waals surface area contributed by atoms with Crippen LogP contribution in [0.1, 0.15) is 46.7 Å². The molecule has 26 heavy (non-hydrogen) atoms. The third kappa shape index (κ3) is 4.73. The van der Waals surface area contributed by atoms with E-state index >= 15 is 0 Å². The molecule has 0 spiro atoms. The largest absolute Gasteiger partial charge is 0.495 e. The van der Waals surface area contributed by atoms with E-state index in [1.165, 1.54) is 19.4 Å². The summed E-state index contributed by atoms with van der Waals surface area (Å²) in [6.45, 7) is 5.73. The Bertz CT molecular complexity index is 824. The number of methoxy groups -OCH3 is 1. The van der Waals surface area contributed by atoms with Crippen molar-refractivity contribution < 1.29 is 14.3 Å². The zero-order chi connectivity index (χ0) is 19.3. The summed E-state index contributed by atoms with van der Waals surface area (Å²) >= 11 is 6.08. The Hall–Kier alpha value is -2.60. The Kier molecular flexibility index (Phi) is 6.58. The van der Waals surface area contributed by atoms with Crippen molar-refractivity contribution in [3.8, 4) is 5.75 Å². The average Bonchev–Trinajstić information content (AvgIpc) is 2.64. The Labute approximate surface area is 157 Å². The smallest absolute Gasteiger partial charge is 0.274 e. The number of rotatable bonds is 6. The van der Waals surface area contributed by atoms with Gasteiger partial charge in [-0.3, -0.25) is 14.6 Å². The summed E-state index contributed by atoms with van der Waals surface area (Å²) in [5.74, 6) is -0.237. The van der Waals surface area contributed by atoms with Gasteiger partial charge in [-0.2, -0.15) is 0 Å². The predicted octanol–water partition coefficient (Wildman–Crippen LogP) is 3.83. The van der Waals surface area contributed by atoms with Crippen molar-refractivity contribution in [2.45, 2.75) is 33.2 Å². The number of ether oxygens (including phenoxy) is 1. The molecule has 0 fully saturated rings. The van der Waals surface area contributed by atoms with E-state index in [2.05, 4.69) is 15.6 Å². The Morgan fingerprint density at radius 2 is 2.00 bits per heavy atom. The summed E-state index contributed by atoms with van der Waals surface area (Å²) in [5.41, 5.74) is 1.80. The summed E-state index contributed by atoms with van der Waals surface area (Å²) in [7, 11) is 1.49. The molecular formula is C19H22ClN3O3. The van der Waals surface area contributed by atoms with Crippen molar-refractivity contribution in [2.24, 2.45) is 0 Å². The van der Waals surface area contributed by atoms with Crippen LogP contribution in [0.3, 0.4) is 0 Å². The molecular weight excluding hydrogens is 354 g/mol. The lowest BCUT2D eigenvalue weighted by molar-refractivity contribution is 0.0939. The first-order valence-electron chi connectivity index (χ1n) is 8.28. The van der Waals surface area contributed by atoms with Gasteiger partial charge >= 0.3 is 0 Å². The minimum Gasteiger partial charge on any atom is -0.495 e. The van der Waals surface area contributed by atoms with Crippen LogP contribution in [0.4, 0.5) is 5.69 Å². The van der Waals surface area contributed by atoms with Gasteiger partial charge < -0.3 is 15.4 Å². The number of aromatic nitrogens is 1. The highest BCUT2D eigenvalue weighted by molar-refractivity contribution is 6.31. The summed E-state index contributed by atoms with van der Waals surface area (Å²) in [6.07, 6.45) is 2.25. The molecule has 0 saturated heterocycles. The maximum atomic E-state index is 12.5. The standard InChI is InChI=1S/C19H22ClN3O3/c1-5-12(3)22-18(24)13-6-7-21-16(9-13)19(25)23-15-8-11(2)14(20)10-17(15)26-4/h6-10,12H,5H2,1-4H3,(H,22,24)(H,23,25). The fourth-order valence-corrected chi connectivity index (χ4v) is 2.37. The van der Waals surface area contributed by atoms with Gasteiger partial charge in [-0.1, -0.05) is 18.5 Å². The van der Waals surface area contributed by atoms with Crippen LogP contribution in [-0.4, -0.2) is 29.9 Å². The van der Waals surface area contributed by atoms with Crippen molar-refractivity contribution in [1.82, 2.24) is 10.3 Å². The third-order valence-electron chi connectivity index (χ3n) is 3.97. The minimum absolute atomic E-state index is 0.0502. The van der Waals surface area contributed by atoms with Gasteiger partial charge in [0.2, 0.25) is 0 Å². The molecule has 1 aromatic heterocycles. The molecule has 2 rings (SSSR count). The van der Waals surface area contributed by atoms with Crippen molar-refractivity contribution >= 4 is 29.1 Å². The van der Waals surface area contributed by atoms with Crippen LogP contribution in [0.2, 0.25) is 5.02 Å². The molecule has 1 aromatic carbocycles. The first kappa shape index (κ1) is 19.7. The van der Waals surface area contributed by atoms with E-state index in [1.807, 2.05) is 20.8 Å². The number of hydrogen-bond donors (Lipinski definition) is 2. The van der Waals surface area contributed by atoms with E-state index in [1.54, 1.807) is 18.2 Å². The lowest BCUT2D eigenvalue weighted by Crippen LogP contribution is -2.32. The van der Waals surface area contributed by atoms with E-state index in [0.717, 1.165) is 12.0 Å². The minimum atomic E-state index is -0.441. The quantitative estimate of drug-likeness (QED) is 0.804. The predicted molar refractivity (Wildman–Crippen MR) is 102 cm³/mol. The zero-order valence-electron chi connectivity index (χ0n) is 15.2. The lowest BCUT2D eigenvalue weighted by atomic mass is 10.1. The third-order valence-corrected chi connectivity index (χ3v) is 4.38. The normalized spacial score (nSPS) is 11.6. The van der Waals surface area contributed by atoms with Crippen LogP contribution in [0.15, 0.2) is 30.5 Å². The van der Waals surface area contributed by atoms with E-state index in [0.29, 0.717) is 22.0 Å². The average molecular weight is 376 g/mol. The van der Waals surface area contributed by atoms with E-state index < -0.39 is 5.91 Å². The number of carbonyl (C=O) groups excluding carboxylic acids is 2. The number of nitrogens with zero attached hydrogens (tertiary/aromatic N) is 1. The second kappa shape index (κ2) is 8.67. The molecule has 0 aliphatic rings. The molecule has 2 N–H and O–H groups in total. The van der Waals surface area contributed by atoms with Gasteiger partial charge in [-0.25, -0.2) is 0 Å². The van der Waals surface area contributed by atoms with Gasteiger partial charge in [0.25, 0.3) is 11.8 Å². The molecule has 0 aliphatic heterocycles. The molecule has 2 aromatic rings. The number of anilines is 1. The SMILES string of the molecule is CCC(C)NC(=O)c1ccnc(C(=O)Nc2cc(C)c(Cl)cc2OC)c1. The highest BCUT2D eigenvalue weighted by atomic mass is 35.5. The second-order valence-corrected chi connectivity index (χ2v) is 6.38. The fourth-order valence-electron chi connectivity index (χ4n) is 2.22.